The second kappa shape index (κ2) is 5.68. The normalized spacial score (nSPS) is 17.4. The Morgan fingerprint density at radius 2 is 1.65 bits per heavy atom. The highest BCUT2D eigenvalue weighted by Crippen LogP contribution is 2.17. The van der Waals surface area contributed by atoms with Crippen molar-refractivity contribution in [3.63, 3.8) is 0 Å². The number of nitrogens with two attached hydrogens (primary N) is 1. The lowest BCUT2D eigenvalue weighted by Gasteiger charge is -2.26. The molecule has 0 aliphatic carbocycles. The third-order valence-corrected chi connectivity index (χ3v) is 4.51. The summed E-state index contributed by atoms with van der Waals surface area (Å²) in [4.78, 5) is 0.309. The number of halogens is 1. The van der Waals surface area contributed by atoms with Crippen molar-refractivity contribution in [1.82, 2.24) is 9.62 Å². The molecule has 0 spiro atoms. The number of anilines is 1. The smallest absolute Gasteiger partial charge is 0.243 e. The Bertz CT molecular complexity index is 455. The summed E-state index contributed by atoms with van der Waals surface area (Å²) in [7, 11) is -3.34. The Hall–Kier alpha value is -0.820. The van der Waals surface area contributed by atoms with Crippen LogP contribution >= 0.6 is 12.4 Å². The van der Waals surface area contributed by atoms with E-state index in [0.717, 1.165) is 0 Å². The number of rotatable bonds is 2. The van der Waals surface area contributed by atoms with E-state index in [9.17, 15) is 8.42 Å². The van der Waals surface area contributed by atoms with E-state index < -0.39 is 10.0 Å². The first-order valence-corrected chi connectivity index (χ1v) is 6.61. The maximum absolute atomic E-state index is 12.2. The molecule has 96 valence electrons. The molecule has 7 heteroatoms. The van der Waals surface area contributed by atoms with E-state index in [4.69, 9.17) is 5.73 Å². The Morgan fingerprint density at radius 3 is 2.18 bits per heavy atom. The summed E-state index contributed by atoms with van der Waals surface area (Å²) >= 11 is 0. The van der Waals surface area contributed by atoms with Crippen LogP contribution in [-0.4, -0.2) is 38.9 Å². The Balaban J connectivity index is 0.00000144. The van der Waals surface area contributed by atoms with E-state index in [0.29, 0.717) is 36.8 Å². The number of hydrogen-bond acceptors (Lipinski definition) is 4. The zero-order chi connectivity index (χ0) is 11.6. The van der Waals surface area contributed by atoms with Crippen LogP contribution in [0.5, 0.6) is 0 Å². The number of nitrogens with one attached hydrogen (secondary N) is 1. The van der Waals surface area contributed by atoms with Crippen LogP contribution in [0.4, 0.5) is 5.69 Å². The van der Waals surface area contributed by atoms with Crippen molar-refractivity contribution in [2.45, 2.75) is 4.90 Å². The molecule has 1 aliphatic heterocycles. The average molecular weight is 278 g/mol. The van der Waals surface area contributed by atoms with Crippen molar-refractivity contribution in [3.05, 3.63) is 24.3 Å². The van der Waals surface area contributed by atoms with Crippen LogP contribution in [0.25, 0.3) is 0 Å². The topological polar surface area (TPSA) is 75.4 Å². The van der Waals surface area contributed by atoms with Gasteiger partial charge in [-0.15, -0.1) is 12.4 Å². The SMILES string of the molecule is Cl.Nc1ccc(S(=O)(=O)N2CCNCC2)cc1. The molecule has 0 amide bonds. The van der Waals surface area contributed by atoms with Crippen molar-refractivity contribution in [1.29, 1.82) is 0 Å². The number of sulfonamides is 1. The van der Waals surface area contributed by atoms with Crippen molar-refractivity contribution in [2.24, 2.45) is 0 Å². The molecule has 0 saturated carbocycles. The summed E-state index contributed by atoms with van der Waals surface area (Å²) < 4.78 is 25.8. The summed E-state index contributed by atoms with van der Waals surface area (Å²) in [5, 5.41) is 3.12. The van der Waals surface area contributed by atoms with E-state index in [1.54, 1.807) is 24.3 Å². The van der Waals surface area contributed by atoms with E-state index >= 15 is 0 Å². The fraction of sp³-hybridized carbons (Fsp3) is 0.400. The van der Waals surface area contributed by atoms with Gasteiger partial charge in [0.05, 0.1) is 4.90 Å². The molecule has 0 bridgehead atoms. The first-order chi connectivity index (χ1) is 7.60. The van der Waals surface area contributed by atoms with E-state index in [-0.39, 0.29) is 12.4 Å². The lowest BCUT2D eigenvalue weighted by molar-refractivity contribution is 0.360. The van der Waals surface area contributed by atoms with Crippen molar-refractivity contribution >= 4 is 28.1 Å². The van der Waals surface area contributed by atoms with Gasteiger partial charge in [0.2, 0.25) is 10.0 Å². The van der Waals surface area contributed by atoms with Crippen molar-refractivity contribution in [2.75, 3.05) is 31.9 Å². The lowest BCUT2D eigenvalue weighted by atomic mass is 10.3. The number of benzene rings is 1. The summed E-state index contributed by atoms with van der Waals surface area (Å²) in [6.07, 6.45) is 0. The minimum absolute atomic E-state index is 0. The second-order valence-corrected chi connectivity index (χ2v) is 5.66. The number of nitrogen functional groups attached to an aromatic ring is 1. The van der Waals surface area contributed by atoms with Gasteiger partial charge in [-0.2, -0.15) is 4.31 Å². The largest absolute Gasteiger partial charge is 0.399 e. The van der Waals surface area contributed by atoms with Gasteiger partial charge < -0.3 is 11.1 Å². The Morgan fingerprint density at radius 1 is 1.12 bits per heavy atom. The molecule has 17 heavy (non-hydrogen) atoms. The lowest BCUT2D eigenvalue weighted by Crippen LogP contribution is -2.46. The quantitative estimate of drug-likeness (QED) is 0.762. The van der Waals surface area contributed by atoms with Gasteiger partial charge in [-0.25, -0.2) is 8.42 Å². The van der Waals surface area contributed by atoms with Crippen LogP contribution in [0.15, 0.2) is 29.2 Å². The minimum atomic E-state index is -3.34. The van der Waals surface area contributed by atoms with Gasteiger partial charge in [-0.05, 0) is 24.3 Å². The number of hydrogen-bond donors (Lipinski definition) is 2. The molecule has 1 aromatic rings. The van der Waals surface area contributed by atoms with E-state index in [2.05, 4.69) is 5.32 Å². The zero-order valence-electron chi connectivity index (χ0n) is 9.30. The Labute approximate surface area is 107 Å². The summed E-state index contributed by atoms with van der Waals surface area (Å²) in [5.74, 6) is 0. The fourth-order valence-corrected chi connectivity index (χ4v) is 3.11. The molecule has 1 heterocycles. The molecule has 1 fully saturated rings. The van der Waals surface area contributed by atoms with Gasteiger partial charge in [0.15, 0.2) is 0 Å². The zero-order valence-corrected chi connectivity index (χ0v) is 10.9. The third-order valence-electron chi connectivity index (χ3n) is 2.59. The van der Waals surface area contributed by atoms with E-state index in [1.165, 1.54) is 4.31 Å². The molecule has 0 unspecified atom stereocenters. The predicted molar refractivity (Wildman–Crippen MR) is 69.7 cm³/mol. The monoisotopic (exact) mass is 277 g/mol. The predicted octanol–water partition coefficient (Wildman–Crippen LogP) is 0.284. The highest BCUT2D eigenvalue weighted by molar-refractivity contribution is 7.89. The highest BCUT2D eigenvalue weighted by atomic mass is 35.5. The van der Waals surface area contributed by atoms with Crippen molar-refractivity contribution < 1.29 is 8.42 Å². The molecule has 5 nitrogen and oxygen atoms in total. The number of piperazine rings is 1. The molecule has 2 rings (SSSR count). The van der Waals surface area contributed by atoms with E-state index in [1.807, 2.05) is 0 Å². The summed E-state index contributed by atoms with van der Waals surface area (Å²) in [6, 6.07) is 6.31. The molecule has 0 aromatic heterocycles. The maximum atomic E-state index is 12.2. The molecule has 0 atom stereocenters. The molecule has 1 aliphatic rings. The van der Waals surface area contributed by atoms with Crippen LogP contribution in [0, 0.1) is 0 Å². The van der Waals surface area contributed by atoms with Gasteiger partial charge >= 0.3 is 0 Å². The van der Waals surface area contributed by atoms with Crippen LogP contribution in [-0.2, 0) is 10.0 Å². The van der Waals surface area contributed by atoms with Gasteiger partial charge in [-0.1, -0.05) is 0 Å². The van der Waals surface area contributed by atoms with Gasteiger partial charge in [0.1, 0.15) is 0 Å². The highest BCUT2D eigenvalue weighted by Gasteiger charge is 2.25. The fourth-order valence-electron chi connectivity index (χ4n) is 1.67. The van der Waals surface area contributed by atoms with Crippen LogP contribution < -0.4 is 11.1 Å². The Kier molecular flexibility index (Phi) is 4.76. The average Bonchev–Trinajstić information content (AvgIpc) is 2.31. The van der Waals surface area contributed by atoms with Crippen LogP contribution in [0.2, 0.25) is 0 Å². The standard InChI is InChI=1S/C10H15N3O2S.ClH/c11-9-1-3-10(4-2-9)16(14,15)13-7-5-12-6-8-13;/h1-4,12H,5-8,11H2;1H. The minimum Gasteiger partial charge on any atom is -0.399 e. The van der Waals surface area contributed by atoms with Crippen LogP contribution in [0.1, 0.15) is 0 Å². The summed E-state index contributed by atoms with van der Waals surface area (Å²) in [6.45, 7) is 2.45. The third kappa shape index (κ3) is 3.10. The molecule has 3 N–H and O–H groups in total. The molecule has 1 aromatic carbocycles. The first-order valence-electron chi connectivity index (χ1n) is 5.17. The number of nitrogens with zero attached hydrogens (tertiary/aromatic N) is 1. The van der Waals surface area contributed by atoms with Crippen LogP contribution in [0.3, 0.4) is 0 Å². The van der Waals surface area contributed by atoms with Gasteiger partial charge in [0.25, 0.3) is 0 Å². The summed E-state index contributed by atoms with van der Waals surface area (Å²) in [5.41, 5.74) is 6.10. The van der Waals surface area contributed by atoms with Gasteiger partial charge in [-0.3, -0.25) is 0 Å². The molecule has 1 saturated heterocycles. The second-order valence-electron chi connectivity index (χ2n) is 3.72. The van der Waals surface area contributed by atoms with Gasteiger partial charge in [0, 0.05) is 31.9 Å². The first kappa shape index (κ1) is 14.2. The maximum Gasteiger partial charge on any atom is 0.243 e. The molecular weight excluding hydrogens is 262 g/mol. The molecule has 0 radical (unpaired) electrons. The molecular formula is C10H16ClN3O2S. The van der Waals surface area contributed by atoms with Crippen molar-refractivity contribution in [3.8, 4) is 0 Å².